The Labute approximate surface area is 185 Å². The van der Waals surface area contributed by atoms with E-state index in [2.05, 4.69) is 19.9 Å². The highest BCUT2D eigenvalue weighted by Gasteiger charge is 2.24. The lowest BCUT2D eigenvalue weighted by Crippen LogP contribution is -2.31. The number of amides is 2. The summed E-state index contributed by atoms with van der Waals surface area (Å²) in [5.41, 5.74) is 0. The number of pyridine rings is 4. The van der Waals surface area contributed by atoms with Gasteiger partial charge in [0.25, 0.3) is 0 Å². The Bertz CT molecular complexity index is 984. The number of carbonyl (C=O) groups excluding carboxylic acids is 2. The number of aromatic nitrogens is 4. The van der Waals surface area contributed by atoms with Crippen molar-refractivity contribution >= 4 is 35.1 Å². The second kappa shape index (κ2) is 10.0. The van der Waals surface area contributed by atoms with Crippen LogP contribution in [0, 0.1) is 0 Å². The van der Waals surface area contributed by atoms with Crippen LogP contribution in [0.2, 0.25) is 0 Å². The molecule has 0 radical (unpaired) electrons. The highest BCUT2D eigenvalue weighted by atomic mass is 16.2. The van der Waals surface area contributed by atoms with Crippen molar-refractivity contribution in [1.29, 1.82) is 0 Å². The first-order chi connectivity index (χ1) is 15.7. The van der Waals surface area contributed by atoms with Crippen LogP contribution in [0.15, 0.2) is 97.6 Å². The fourth-order valence-electron chi connectivity index (χ4n) is 3.13. The summed E-state index contributed by atoms with van der Waals surface area (Å²) >= 11 is 0. The van der Waals surface area contributed by atoms with Crippen LogP contribution in [0.5, 0.6) is 0 Å². The van der Waals surface area contributed by atoms with Crippen LogP contribution in [0.4, 0.5) is 23.3 Å². The van der Waals surface area contributed by atoms with Gasteiger partial charge in [0.15, 0.2) is 0 Å². The molecule has 0 unspecified atom stereocenters. The Hall–Kier alpha value is -4.46. The largest absolute Gasteiger partial charge is 0.274 e. The van der Waals surface area contributed by atoms with E-state index < -0.39 is 0 Å². The van der Waals surface area contributed by atoms with Gasteiger partial charge in [0.1, 0.15) is 23.3 Å². The lowest BCUT2D eigenvalue weighted by Gasteiger charge is -2.23. The van der Waals surface area contributed by atoms with Crippen LogP contribution in [-0.4, -0.2) is 31.8 Å². The van der Waals surface area contributed by atoms with Crippen molar-refractivity contribution < 1.29 is 9.59 Å². The average molecular weight is 424 g/mol. The van der Waals surface area contributed by atoms with Gasteiger partial charge in [-0.05, 0) is 48.5 Å². The van der Waals surface area contributed by atoms with Crippen molar-refractivity contribution in [1.82, 2.24) is 19.9 Å². The maximum atomic E-state index is 13.2. The highest BCUT2D eigenvalue weighted by molar-refractivity contribution is 6.03. The van der Waals surface area contributed by atoms with E-state index in [-0.39, 0.29) is 24.7 Å². The summed E-state index contributed by atoms with van der Waals surface area (Å²) in [6.45, 7) is 0. The smallest absolute Gasteiger partial charge is 0.234 e. The molecule has 32 heavy (non-hydrogen) atoms. The van der Waals surface area contributed by atoms with Gasteiger partial charge in [0, 0.05) is 37.6 Å². The van der Waals surface area contributed by atoms with Crippen LogP contribution in [0.3, 0.4) is 0 Å². The van der Waals surface area contributed by atoms with Crippen LogP contribution in [-0.2, 0) is 9.59 Å². The third kappa shape index (κ3) is 4.81. The minimum absolute atomic E-state index is 0.0395. The van der Waals surface area contributed by atoms with E-state index in [4.69, 9.17) is 0 Å². The molecule has 0 saturated carbocycles. The van der Waals surface area contributed by atoms with E-state index in [0.29, 0.717) is 23.3 Å². The van der Waals surface area contributed by atoms with Crippen molar-refractivity contribution in [3.05, 3.63) is 97.6 Å². The molecule has 8 nitrogen and oxygen atoms in total. The summed E-state index contributed by atoms with van der Waals surface area (Å²) in [4.78, 5) is 46.3. The standard InChI is InChI=1S/C24H20N6O2/c31-23(29(19-9-1-5-15-25-19)20-10-2-6-16-26-20)13-14-24(32)30(21-11-3-7-17-27-21)22-12-4-8-18-28-22/h1-12,15-18H,13-14H2. The second-order valence-electron chi connectivity index (χ2n) is 6.71. The zero-order valence-electron chi connectivity index (χ0n) is 17.2. The first-order valence-corrected chi connectivity index (χ1v) is 10.0. The number of hydrogen-bond donors (Lipinski definition) is 0. The SMILES string of the molecule is O=C(CCC(=O)N(c1ccccn1)c1ccccn1)N(c1ccccn1)c1ccccn1. The number of nitrogens with zero attached hydrogens (tertiary/aromatic N) is 6. The monoisotopic (exact) mass is 424 g/mol. The molecule has 8 heteroatoms. The second-order valence-corrected chi connectivity index (χ2v) is 6.71. The summed E-state index contributed by atoms with van der Waals surface area (Å²) in [7, 11) is 0. The lowest BCUT2D eigenvalue weighted by atomic mass is 10.2. The molecule has 0 aromatic carbocycles. The van der Waals surface area contributed by atoms with E-state index in [1.165, 1.54) is 9.80 Å². The first-order valence-electron chi connectivity index (χ1n) is 10.0. The van der Waals surface area contributed by atoms with Gasteiger partial charge in [-0.25, -0.2) is 29.7 Å². The lowest BCUT2D eigenvalue weighted by molar-refractivity contribution is -0.123. The topological polar surface area (TPSA) is 92.2 Å². The third-order valence-corrected chi connectivity index (χ3v) is 4.57. The van der Waals surface area contributed by atoms with Gasteiger partial charge in [-0.3, -0.25) is 9.59 Å². The van der Waals surface area contributed by atoms with Crippen molar-refractivity contribution in [3.8, 4) is 0 Å². The van der Waals surface area contributed by atoms with Crippen LogP contribution >= 0.6 is 0 Å². The first kappa shape index (κ1) is 20.8. The van der Waals surface area contributed by atoms with Gasteiger partial charge in [-0.1, -0.05) is 24.3 Å². The number of rotatable bonds is 7. The minimum Gasteiger partial charge on any atom is -0.274 e. The minimum atomic E-state index is -0.294. The molecule has 0 saturated heterocycles. The Balaban J connectivity index is 1.56. The molecule has 4 aromatic heterocycles. The van der Waals surface area contributed by atoms with Gasteiger partial charge in [-0.15, -0.1) is 0 Å². The van der Waals surface area contributed by atoms with E-state index >= 15 is 0 Å². The summed E-state index contributed by atoms with van der Waals surface area (Å²) in [6.07, 6.45) is 6.34. The van der Waals surface area contributed by atoms with Crippen molar-refractivity contribution in [2.45, 2.75) is 12.8 Å². The Morgan fingerprint density at radius 2 is 0.781 bits per heavy atom. The van der Waals surface area contributed by atoms with E-state index in [1.807, 2.05) is 0 Å². The number of carbonyl (C=O) groups is 2. The number of anilines is 4. The molecule has 2 amide bonds. The molecule has 0 fully saturated rings. The zero-order valence-corrected chi connectivity index (χ0v) is 17.2. The van der Waals surface area contributed by atoms with Gasteiger partial charge in [-0.2, -0.15) is 0 Å². The molecule has 4 rings (SSSR count). The maximum Gasteiger partial charge on any atom is 0.234 e. The van der Waals surface area contributed by atoms with Crippen LogP contribution in [0.1, 0.15) is 12.8 Å². The number of hydrogen-bond acceptors (Lipinski definition) is 6. The van der Waals surface area contributed by atoms with E-state index in [9.17, 15) is 9.59 Å². The summed E-state index contributed by atoms with van der Waals surface area (Å²) < 4.78 is 0. The van der Waals surface area contributed by atoms with Crippen LogP contribution in [0.25, 0.3) is 0 Å². The summed E-state index contributed by atoms with van der Waals surface area (Å²) in [5, 5.41) is 0. The fourth-order valence-corrected chi connectivity index (χ4v) is 3.13. The molecule has 0 aliphatic heterocycles. The summed E-state index contributed by atoms with van der Waals surface area (Å²) in [5.74, 6) is 1.17. The molecular weight excluding hydrogens is 404 g/mol. The Morgan fingerprint density at radius 3 is 1.00 bits per heavy atom. The molecule has 0 aliphatic rings. The Morgan fingerprint density at radius 1 is 0.500 bits per heavy atom. The predicted octanol–water partition coefficient (Wildman–Crippen LogP) is 4.08. The third-order valence-electron chi connectivity index (χ3n) is 4.57. The van der Waals surface area contributed by atoms with Gasteiger partial charge < -0.3 is 0 Å². The van der Waals surface area contributed by atoms with Gasteiger partial charge >= 0.3 is 0 Å². The molecular formula is C24H20N6O2. The van der Waals surface area contributed by atoms with E-state index in [0.717, 1.165) is 0 Å². The zero-order chi connectivity index (χ0) is 22.2. The molecule has 4 heterocycles. The van der Waals surface area contributed by atoms with E-state index in [1.54, 1.807) is 97.6 Å². The molecule has 0 bridgehead atoms. The Kier molecular flexibility index (Phi) is 6.52. The van der Waals surface area contributed by atoms with Gasteiger partial charge in [0.2, 0.25) is 11.8 Å². The fraction of sp³-hybridized carbons (Fsp3) is 0.0833. The average Bonchev–Trinajstić information content (AvgIpc) is 2.86. The molecule has 4 aromatic rings. The van der Waals surface area contributed by atoms with Gasteiger partial charge in [0.05, 0.1) is 0 Å². The molecule has 0 N–H and O–H groups in total. The molecule has 0 atom stereocenters. The normalized spacial score (nSPS) is 10.4. The van der Waals surface area contributed by atoms with Crippen molar-refractivity contribution in [3.63, 3.8) is 0 Å². The van der Waals surface area contributed by atoms with Crippen LogP contribution < -0.4 is 9.80 Å². The quantitative estimate of drug-likeness (QED) is 0.444. The maximum absolute atomic E-state index is 13.2. The molecule has 0 spiro atoms. The molecule has 0 aliphatic carbocycles. The predicted molar refractivity (Wildman–Crippen MR) is 120 cm³/mol. The molecule has 158 valence electrons. The van der Waals surface area contributed by atoms with Crippen molar-refractivity contribution in [2.24, 2.45) is 0 Å². The summed E-state index contributed by atoms with van der Waals surface area (Å²) in [6, 6.07) is 21.1. The van der Waals surface area contributed by atoms with Crippen molar-refractivity contribution in [2.75, 3.05) is 9.80 Å². The highest BCUT2D eigenvalue weighted by Crippen LogP contribution is 2.25.